The Kier molecular flexibility index (Phi) is 5.19. The number of aromatic amines is 1. The number of H-pyrrole nitrogens is 1. The Morgan fingerprint density at radius 3 is 2.60 bits per heavy atom. The van der Waals surface area contributed by atoms with Gasteiger partial charge in [0.25, 0.3) is 5.56 Å². The van der Waals surface area contributed by atoms with Crippen LogP contribution in [-0.4, -0.2) is 33.1 Å². The van der Waals surface area contributed by atoms with Gasteiger partial charge in [-0.2, -0.15) is 0 Å². The third kappa shape index (κ3) is 4.09. The van der Waals surface area contributed by atoms with Gasteiger partial charge in [-0.25, -0.2) is 4.98 Å². The molecule has 0 radical (unpaired) electrons. The van der Waals surface area contributed by atoms with E-state index in [2.05, 4.69) is 9.97 Å². The molecule has 3 rings (SSSR count). The van der Waals surface area contributed by atoms with Crippen LogP contribution in [-0.2, 0) is 11.3 Å². The maximum Gasteiger partial charge on any atom is 0.258 e. The summed E-state index contributed by atoms with van der Waals surface area (Å²) in [5, 5.41) is 0.327. The van der Waals surface area contributed by atoms with Gasteiger partial charge < -0.3 is 9.88 Å². The van der Waals surface area contributed by atoms with Crippen LogP contribution < -0.4 is 5.56 Å². The smallest absolute Gasteiger partial charge is 0.258 e. The quantitative estimate of drug-likeness (QED) is 0.716. The minimum Gasteiger partial charge on any atom is -0.337 e. The van der Waals surface area contributed by atoms with Crippen molar-refractivity contribution in [2.45, 2.75) is 23.6 Å². The molecule has 0 saturated carbocycles. The van der Waals surface area contributed by atoms with Crippen molar-refractivity contribution in [3.8, 4) is 0 Å². The zero-order valence-electron chi connectivity index (χ0n) is 14.1. The Morgan fingerprint density at radius 1 is 1.16 bits per heavy atom. The number of para-hydroxylation sites is 1. The van der Waals surface area contributed by atoms with E-state index in [-0.39, 0.29) is 23.3 Å². The number of rotatable bonds is 5. The summed E-state index contributed by atoms with van der Waals surface area (Å²) in [4.78, 5) is 34.6. The molecule has 1 amide bonds. The van der Waals surface area contributed by atoms with Crippen molar-refractivity contribution in [2.24, 2.45) is 0 Å². The number of fused-ring (bicyclic) bond motifs is 1. The summed E-state index contributed by atoms with van der Waals surface area (Å²) >= 11 is 1.51. The topological polar surface area (TPSA) is 66.1 Å². The highest BCUT2D eigenvalue weighted by molar-refractivity contribution is 8.00. The van der Waals surface area contributed by atoms with Gasteiger partial charge in [0.2, 0.25) is 5.91 Å². The van der Waals surface area contributed by atoms with Crippen molar-refractivity contribution in [3.05, 3.63) is 70.8 Å². The van der Waals surface area contributed by atoms with E-state index in [1.54, 1.807) is 30.1 Å². The lowest BCUT2D eigenvalue weighted by Gasteiger charge is -2.20. The van der Waals surface area contributed by atoms with Gasteiger partial charge in [-0.05, 0) is 31.2 Å². The third-order valence-corrected chi connectivity index (χ3v) is 4.93. The fourth-order valence-electron chi connectivity index (χ4n) is 2.58. The van der Waals surface area contributed by atoms with Crippen LogP contribution in [0.1, 0.15) is 12.7 Å². The summed E-state index contributed by atoms with van der Waals surface area (Å²) in [7, 11) is 1.72. The monoisotopic (exact) mass is 353 g/mol. The molecule has 0 saturated heterocycles. The minimum atomic E-state index is -0.223. The van der Waals surface area contributed by atoms with E-state index in [0.29, 0.717) is 16.7 Å². The molecule has 0 bridgehead atoms. The first kappa shape index (κ1) is 17.2. The number of hydrogen-bond acceptors (Lipinski definition) is 4. The molecular formula is C19H19N3O2S. The molecule has 1 N–H and O–H groups in total. The fraction of sp³-hybridized carbons (Fsp3) is 0.211. The normalized spacial score (nSPS) is 12.1. The zero-order valence-corrected chi connectivity index (χ0v) is 14.9. The minimum absolute atomic E-state index is 0.00957. The summed E-state index contributed by atoms with van der Waals surface area (Å²) in [6.45, 7) is 2.14. The van der Waals surface area contributed by atoms with E-state index >= 15 is 0 Å². The second kappa shape index (κ2) is 7.53. The average Bonchev–Trinajstić information content (AvgIpc) is 2.62. The van der Waals surface area contributed by atoms with E-state index in [0.717, 1.165) is 4.90 Å². The summed E-state index contributed by atoms with van der Waals surface area (Å²) in [5.74, 6) is 0.473. The van der Waals surface area contributed by atoms with Crippen molar-refractivity contribution < 1.29 is 4.79 Å². The van der Waals surface area contributed by atoms with Crippen LogP contribution in [0.3, 0.4) is 0 Å². The summed E-state index contributed by atoms with van der Waals surface area (Å²) in [6, 6.07) is 17.0. The van der Waals surface area contributed by atoms with Crippen LogP contribution in [0.5, 0.6) is 0 Å². The molecule has 1 heterocycles. The first-order chi connectivity index (χ1) is 12.0. The molecule has 0 aliphatic carbocycles. The first-order valence-corrected chi connectivity index (χ1v) is 8.87. The van der Waals surface area contributed by atoms with Gasteiger partial charge in [-0.15, -0.1) is 11.8 Å². The first-order valence-electron chi connectivity index (χ1n) is 7.99. The molecule has 0 aliphatic rings. The molecule has 2 aromatic carbocycles. The number of benzene rings is 2. The number of thioether (sulfide) groups is 1. The summed E-state index contributed by atoms with van der Waals surface area (Å²) < 4.78 is 0. The molecule has 3 aromatic rings. The standard InChI is InChI=1S/C19H19N3O2S/c1-13(25-14-8-4-3-5-9-14)19(24)22(2)12-17-20-16-11-7-6-10-15(16)18(23)21-17/h3-11,13H,12H2,1-2H3,(H,20,21,23)/t13-/m1/s1. The van der Waals surface area contributed by atoms with Gasteiger partial charge in [0.05, 0.1) is 22.7 Å². The van der Waals surface area contributed by atoms with Crippen molar-refractivity contribution in [1.82, 2.24) is 14.9 Å². The van der Waals surface area contributed by atoms with Crippen molar-refractivity contribution in [3.63, 3.8) is 0 Å². The molecule has 128 valence electrons. The predicted molar refractivity (Wildman–Crippen MR) is 101 cm³/mol. The van der Waals surface area contributed by atoms with Gasteiger partial charge in [-0.3, -0.25) is 9.59 Å². The zero-order chi connectivity index (χ0) is 17.8. The number of carbonyl (C=O) groups excluding carboxylic acids is 1. The molecule has 0 spiro atoms. The molecule has 5 nitrogen and oxygen atoms in total. The van der Waals surface area contributed by atoms with Gasteiger partial charge in [0.15, 0.2) is 0 Å². The van der Waals surface area contributed by atoms with E-state index < -0.39 is 0 Å². The number of hydrogen-bond donors (Lipinski definition) is 1. The van der Waals surface area contributed by atoms with Gasteiger partial charge in [-0.1, -0.05) is 30.3 Å². The van der Waals surface area contributed by atoms with Crippen LogP contribution in [0, 0.1) is 0 Å². The van der Waals surface area contributed by atoms with Gasteiger partial charge >= 0.3 is 0 Å². The van der Waals surface area contributed by atoms with E-state index in [4.69, 9.17) is 0 Å². The molecule has 0 fully saturated rings. The lowest BCUT2D eigenvalue weighted by molar-refractivity contribution is -0.129. The average molecular weight is 353 g/mol. The van der Waals surface area contributed by atoms with E-state index in [9.17, 15) is 9.59 Å². The van der Waals surface area contributed by atoms with Crippen LogP contribution >= 0.6 is 11.8 Å². The van der Waals surface area contributed by atoms with Crippen LogP contribution in [0.4, 0.5) is 0 Å². The Bertz CT molecular complexity index is 940. The number of carbonyl (C=O) groups is 1. The lowest BCUT2D eigenvalue weighted by Crippen LogP contribution is -2.33. The molecular weight excluding hydrogens is 334 g/mol. The molecule has 1 aromatic heterocycles. The van der Waals surface area contributed by atoms with Crippen molar-refractivity contribution in [1.29, 1.82) is 0 Å². The second-order valence-electron chi connectivity index (χ2n) is 5.80. The lowest BCUT2D eigenvalue weighted by atomic mass is 10.2. The van der Waals surface area contributed by atoms with Crippen molar-refractivity contribution >= 4 is 28.6 Å². The number of amides is 1. The Balaban J connectivity index is 1.72. The highest BCUT2D eigenvalue weighted by Crippen LogP contribution is 2.24. The van der Waals surface area contributed by atoms with Crippen molar-refractivity contribution in [2.75, 3.05) is 7.05 Å². The maximum atomic E-state index is 12.6. The Hall–Kier alpha value is -2.60. The van der Waals surface area contributed by atoms with Crippen LogP contribution in [0.25, 0.3) is 10.9 Å². The molecule has 0 aliphatic heterocycles. The Labute approximate surface area is 150 Å². The SMILES string of the molecule is C[C@@H](Sc1ccccc1)C(=O)N(C)Cc1nc2ccccc2c(=O)[nH]1. The molecule has 1 atom stereocenters. The fourth-order valence-corrected chi connectivity index (χ4v) is 3.58. The van der Waals surface area contributed by atoms with E-state index in [1.807, 2.05) is 43.3 Å². The number of aromatic nitrogens is 2. The molecule has 0 unspecified atom stereocenters. The number of nitrogens with one attached hydrogen (secondary N) is 1. The predicted octanol–water partition coefficient (Wildman–Crippen LogP) is 3.06. The van der Waals surface area contributed by atoms with Gasteiger partial charge in [0, 0.05) is 11.9 Å². The maximum absolute atomic E-state index is 12.6. The highest BCUT2D eigenvalue weighted by Gasteiger charge is 2.19. The molecule has 25 heavy (non-hydrogen) atoms. The van der Waals surface area contributed by atoms with Crippen LogP contribution in [0.15, 0.2) is 64.3 Å². The summed E-state index contributed by atoms with van der Waals surface area (Å²) in [5.41, 5.74) is 0.446. The molecule has 6 heteroatoms. The van der Waals surface area contributed by atoms with Gasteiger partial charge in [0.1, 0.15) is 5.82 Å². The highest BCUT2D eigenvalue weighted by atomic mass is 32.2. The summed E-state index contributed by atoms with van der Waals surface area (Å²) in [6.07, 6.45) is 0. The number of nitrogens with zero attached hydrogens (tertiary/aromatic N) is 2. The largest absolute Gasteiger partial charge is 0.337 e. The Morgan fingerprint density at radius 2 is 1.84 bits per heavy atom. The second-order valence-corrected chi connectivity index (χ2v) is 7.21. The van der Waals surface area contributed by atoms with E-state index in [1.165, 1.54) is 11.8 Å². The third-order valence-electron chi connectivity index (χ3n) is 3.83. The van der Waals surface area contributed by atoms with Crippen LogP contribution in [0.2, 0.25) is 0 Å².